The van der Waals surface area contributed by atoms with Gasteiger partial charge in [-0.1, -0.05) is 191 Å². The predicted octanol–water partition coefficient (Wildman–Crippen LogP) is 16.7. The quantitative estimate of drug-likeness (QED) is 0.157. The van der Waals surface area contributed by atoms with Crippen molar-refractivity contribution in [3.8, 4) is 49.8 Å². The van der Waals surface area contributed by atoms with Gasteiger partial charge in [-0.3, -0.25) is 0 Å². The molecule has 272 valence electrons. The molecule has 12 rings (SSSR count). The van der Waals surface area contributed by atoms with Gasteiger partial charge in [0, 0.05) is 15.7 Å². The lowest BCUT2D eigenvalue weighted by Gasteiger charge is -2.23. The molecule has 0 spiro atoms. The monoisotopic (exact) mass is 754 g/mol. The molecule has 58 heavy (non-hydrogen) atoms. The molecule has 10 aromatic carbocycles. The van der Waals surface area contributed by atoms with Crippen LogP contribution in [-0.2, 0) is 5.41 Å². The zero-order valence-corrected chi connectivity index (χ0v) is 33.4. The van der Waals surface area contributed by atoms with Gasteiger partial charge in [0.05, 0.1) is 0 Å². The Balaban J connectivity index is 1.15. The van der Waals surface area contributed by atoms with Gasteiger partial charge in [0.25, 0.3) is 0 Å². The molecule has 1 aliphatic carbocycles. The third kappa shape index (κ3) is 4.89. The van der Waals surface area contributed by atoms with E-state index in [1.54, 1.807) is 0 Å². The number of rotatable bonds is 4. The minimum Gasteiger partial charge on any atom is -0.0772 e. The first-order valence-electron chi connectivity index (χ1n) is 20.3. The molecule has 1 atom stereocenters. The molecule has 0 N–H and O–H groups in total. The summed E-state index contributed by atoms with van der Waals surface area (Å²) in [5.74, 6) is 0. The van der Waals surface area contributed by atoms with Gasteiger partial charge in [0.2, 0.25) is 0 Å². The topological polar surface area (TPSA) is 0 Å². The van der Waals surface area contributed by atoms with Crippen molar-refractivity contribution < 1.29 is 0 Å². The van der Waals surface area contributed by atoms with Crippen LogP contribution >= 0.6 is 7.53 Å². The SMILES string of the molecule is CC1(C)c2ccccc2-c2ccc(-c3c4ccccc4c(-c4ccc5c(c4)c4ccccc4p5-c4ccccc4)c4ccc(-c5ccc6ccccc6c5)cc34)cc21. The van der Waals surface area contributed by atoms with Gasteiger partial charge in [0.15, 0.2) is 0 Å². The van der Waals surface area contributed by atoms with E-state index >= 15 is 0 Å². The van der Waals surface area contributed by atoms with Crippen molar-refractivity contribution >= 4 is 60.9 Å². The molecule has 0 fully saturated rings. The summed E-state index contributed by atoms with van der Waals surface area (Å²) in [6, 6.07) is 75.6. The Kier molecular flexibility index (Phi) is 7.28. The van der Waals surface area contributed by atoms with Crippen molar-refractivity contribution in [2.75, 3.05) is 0 Å². The standard InChI is InChI=1S/C57H39P/c1-57(2)51-22-12-10-18-43(51)44-29-27-41(35-52(44)57)56-47-21-9-8-20-46(47)55(48-30-26-39(33-50(48)56)38-25-24-36-14-6-7-15-37(36)32-38)40-28-31-54-49(34-40)45-19-11-13-23-53(45)58(54)42-16-4-3-5-17-42/h3-35H,1-2H3. The second kappa shape index (κ2) is 12.6. The Hall–Kier alpha value is -6.72. The highest BCUT2D eigenvalue weighted by molar-refractivity contribution is 7.67. The first kappa shape index (κ1) is 33.4. The largest absolute Gasteiger partial charge is 0.0772 e. The van der Waals surface area contributed by atoms with Gasteiger partial charge < -0.3 is 0 Å². The summed E-state index contributed by atoms with van der Waals surface area (Å²) in [7, 11) is -0.629. The molecule has 0 nitrogen and oxygen atoms in total. The summed E-state index contributed by atoms with van der Waals surface area (Å²) in [4.78, 5) is 0. The van der Waals surface area contributed by atoms with Gasteiger partial charge >= 0.3 is 0 Å². The highest BCUT2D eigenvalue weighted by atomic mass is 31.1. The third-order valence-electron chi connectivity index (χ3n) is 13.0. The molecule has 0 radical (unpaired) electrons. The summed E-state index contributed by atoms with van der Waals surface area (Å²) in [6.45, 7) is 4.77. The van der Waals surface area contributed by atoms with Crippen molar-refractivity contribution in [3.63, 3.8) is 0 Å². The average molecular weight is 755 g/mol. The highest BCUT2D eigenvalue weighted by Crippen LogP contribution is 2.56. The van der Waals surface area contributed by atoms with E-state index in [-0.39, 0.29) is 5.41 Å². The molecule has 0 aliphatic heterocycles. The Morgan fingerprint density at radius 3 is 1.72 bits per heavy atom. The predicted molar refractivity (Wildman–Crippen MR) is 252 cm³/mol. The fraction of sp³-hybridized carbons (Fsp3) is 0.0526. The molecule has 0 saturated carbocycles. The summed E-state index contributed by atoms with van der Waals surface area (Å²) in [5.41, 5.74) is 13.0. The van der Waals surface area contributed by atoms with Gasteiger partial charge in [0.1, 0.15) is 0 Å². The number of benzene rings is 10. The Morgan fingerprint density at radius 1 is 0.328 bits per heavy atom. The summed E-state index contributed by atoms with van der Waals surface area (Å²) >= 11 is 0. The van der Waals surface area contributed by atoms with E-state index in [0.29, 0.717) is 0 Å². The van der Waals surface area contributed by atoms with E-state index < -0.39 is 7.53 Å². The van der Waals surface area contributed by atoms with Gasteiger partial charge in [-0.2, -0.15) is 0 Å². The van der Waals surface area contributed by atoms with Gasteiger partial charge in [-0.15, -0.1) is 0 Å². The number of hydrogen-bond acceptors (Lipinski definition) is 0. The molecule has 0 saturated heterocycles. The van der Waals surface area contributed by atoms with E-state index in [9.17, 15) is 0 Å². The van der Waals surface area contributed by atoms with E-state index in [0.717, 1.165) is 0 Å². The van der Waals surface area contributed by atoms with Crippen LogP contribution in [0.5, 0.6) is 0 Å². The molecule has 1 heterocycles. The fourth-order valence-electron chi connectivity index (χ4n) is 10.2. The maximum atomic E-state index is 2.50. The molecule has 1 unspecified atom stereocenters. The van der Waals surface area contributed by atoms with Crippen LogP contribution < -0.4 is 0 Å². The lowest BCUT2D eigenvalue weighted by atomic mass is 9.80. The zero-order valence-electron chi connectivity index (χ0n) is 32.5. The van der Waals surface area contributed by atoms with Crippen molar-refractivity contribution in [2.45, 2.75) is 19.3 Å². The lowest BCUT2D eigenvalue weighted by Crippen LogP contribution is -2.14. The molecule has 1 aliphatic rings. The van der Waals surface area contributed by atoms with E-state index in [1.165, 1.54) is 114 Å². The summed E-state index contributed by atoms with van der Waals surface area (Å²) < 4.78 is 0. The zero-order chi connectivity index (χ0) is 38.5. The number of hydrogen-bond donors (Lipinski definition) is 0. The summed E-state index contributed by atoms with van der Waals surface area (Å²) in [6.07, 6.45) is 0. The third-order valence-corrected chi connectivity index (χ3v) is 15.5. The molecule has 0 amide bonds. The van der Waals surface area contributed by atoms with Crippen LogP contribution in [0.15, 0.2) is 200 Å². The Labute approximate surface area is 339 Å². The van der Waals surface area contributed by atoms with Crippen molar-refractivity contribution in [2.24, 2.45) is 0 Å². The normalized spacial score (nSPS) is 13.4. The minimum absolute atomic E-state index is 0.0936. The van der Waals surface area contributed by atoms with Gasteiger partial charge in [-0.25, -0.2) is 0 Å². The number of fused-ring (bicyclic) bond motifs is 9. The Morgan fingerprint density at radius 2 is 0.879 bits per heavy atom. The van der Waals surface area contributed by atoms with Crippen LogP contribution in [0.25, 0.3) is 103 Å². The smallest absolute Gasteiger partial charge is 0.0159 e. The molecule has 1 heteroatoms. The average Bonchev–Trinajstić information content (AvgIpc) is 3.73. The molecular formula is C57H39P. The van der Waals surface area contributed by atoms with Crippen molar-refractivity contribution in [3.05, 3.63) is 211 Å². The van der Waals surface area contributed by atoms with Gasteiger partial charge in [-0.05, 0) is 134 Å². The second-order valence-electron chi connectivity index (χ2n) is 16.5. The van der Waals surface area contributed by atoms with Crippen LogP contribution in [0, 0.1) is 0 Å². The maximum Gasteiger partial charge on any atom is 0.0159 e. The van der Waals surface area contributed by atoms with Crippen molar-refractivity contribution in [1.82, 2.24) is 0 Å². The van der Waals surface area contributed by atoms with Crippen LogP contribution in [0.2, 0.25) is 0 Å². The first-order chi connectivity index (χ1) is 28.5. The first-order valence-corrected chi connectivity index (χ1v) is 21.7. The van der Waals surface area contributed by atoms with Crippen LogP contribution in [0.4, 0.5) is 0 Å². The molecule has 11 aromatic rings. The molecular weight excluding hydrogens is 716 g/mol. The van der Waals surface area contributed by atoms with Crippen LogP contribution in [0.1, 0.15) is 25.0 Å². The fourth-order valence-corrected chi connectivity index (χ4v) is 12.8. The lowest BCUT2D eigenvalue weighted by molar-refractivity contribution is 0.660. The van der Waals surface area contributed by atoms with E-state index in [4.69, 9.17) is 0 Å². The van der Waals surface area contributed by atoms with Crippen LogP contribution in [-0.4, -0.2) is 0 Å². The second-order valence-corrected chi connectivity index (χ2v) is 18.6. The maximum absolute atomic E-state index is 2.50. The van der Waals surface area contributed by atoms with Crippen molar-refractivity contribution in [1.29, 1.82) is 0 Å². The summed E-state index contributed by atoms with van der Waals surface area (Å²) in [5, 5.41) is 14.6. The molecule has 0 bridgehead atoms. The minimum atomic E-state index is -0.629. The van der Waals surface area contributed by atoms with E-state index in [1.807, 2.05) is 0 Å². The molecule has 1 aromatic heterocycles. The van der Waals surface area contributed by atoms with E-state index in [2.05, 4.69) is 214 Å². The van der Waals surface area contributed by atoms with Crippen LogP contribution in [0.3, 0.4) is 0 Å². The highest BCUT2D eigenvalue weighted by Gasteiger charge is 2.35. The Bertz CT molecular complexity index is 3470.